The Labute approximate surface area is 138 Å². The zero-order valence-electron chi connectivity index (χ0n) is 13.5. The lowest BCUT2D eigenvalue weighted by molar-refractivity contribution is 0.100. The zero-order chi connectivity index (χ0) is 16.7. The number of rotatable bonds is 4. The van der Waals surface area contributed by atoms with E-state index in [1.54, 1.807) is 15.9 Å². The van der Waals surface area contributed by atoms with Gasteiger partial charge in [0.05, 0.1) is 38.5 Å². The number of primary amides is 1. The van der Waals surface area contributed by atoms with Gasteiger partial charge in [-0.3, -0.25) is 4.79 Å². The summed E-state index contributed by atoms with van der Waals surface area (Å²) in [5.74, 6) is -0.490. The molecule has 3 aromatic heterocycles. The van der Waals surface area contributed by atoms with Gasteiger partial charge < -0.3 is 11.1 Å². The van der Waals surface area contributed by atoms with Crippen molar-refractivity contribution in [3.63, 3.8) is 0 Å². The zero-order valence-corrected chi connectivity index (χ0v) is 14.4. The lowest BCUT2D eigenvalue weighted by Gasteiger charge is -2.14. The molecule has 0 saturated carbocycles. The van der Waals surface area contributed by atoms with Crippen molar-refractivity contribution in [1.82, 2.24) is 14.6 Å². The summed E-state index contributed by atoms with van der Waals surface area (Å²) in [5.41, 5.74) is 9.46. The Hall–Kier alpha value is -2.41. The minimum absolute atomic E-state index is 0.171. The number of nitrogens with one attached hydrogen (secondary N) is 1. The van der Waals surface area contributed by atoms with E-state index in [0.29, 0.717) is 11.3 Å². The van der Waals surface area contributed by atoms with Crippen molar-refractivity contribution in [2.24, 2.45) is 5.73 Å². The van der Waals surface area contributed by atoms with E-state index >= 15 is 0 Å². The number of anilines is 1. The van der Waals surface area contributed by atoms with Gasteiger partial charge in [0.1, 0.15) is 0 Å². The van der Waals surface area contributed by atoms with Crippen LogP contribution in [0.3, 0.4) is 0 Å². The predicted molar refractivity (Wildman–Crippen MR) is 93.1 cm³/mol. The second kappa shape index (κ2) is 5.66. The Kier molecular flexibility index (Phi) is 3.81. The Morgan fingerprint density at radius 1 is 1.39 bits per heavy atom. The van der Waals surface area contributed by atoms with E-state index in [0.717, 1.165) is 26.7 Å². The molecule has 0 fully saturated rings. The maximum absolute atomic E-state index is 11.7. The molecular formula is C16H19N5OS. The number of hydrogen-bond acceptors (Lipinski definition) is 5. The average Bonchev–Trinajstić information content (AvgIpc) is 3.01. The topological polar surface area (TPSA) is 85.3 Å². The fourth-order valence-corrected chi connectivity index (χ4v) is 3.51. The molecule has 6 nitrogen and oxygen atoms in total. The lowest BCUT2D eigenvalue weighted by Crippen LogP contribution is -2.19. The number of fused-ring (bicyclic) bond motifs is 1. The second-order valence-corrected chi connectivity index (χ2v) is 7.01. The molecule has 0 aliphatic rings. The lowest BCUT2D eigenvalue weighted by atomic mass is 10.2. The van der Waals surface area contributed by atoms with Crippen molar-refractivity contribution < 1.29 is 4.79 Å². The van der Waals surface area contributed by atoms with Gasteiger partial charge in [-0.15, -0.1) is 11.3 Å². The molecule has 1 amide bonds. The monoisotopic (exact) mass is 329 g/mol. The van der Waals surface area contributed by atoms with Crippen LogP contribution in [0.1, 0.15) is 34.9 Å². The standard InChI is InChI=1S/C16H19N5OS/c1-8(2)19-14-12(16(17)22)6-18-21-7-11(5-13(14)21)15-9(3)20-10(4)23-15/h5-8,19H,1-4H3,(H2,17,22). The number of aryl methyl sites for hydroxylation is 2. The molecule has 3 aromatic rings. The fraction of sp³-hybridized carbons (Fsp3) is 0.312. The third-order valence-electron chi connectivity index (χ3n) is 3.50. The van der Waals surface area contributed by atoms with Crippen LogP contribution in [0.5, 0.6) is 0 Å². The highest BCUT2D eigenvalue weighted by Gasteiger charge is 2.17. The first-order valence-electron chi connectivity index (χ1n) is 7.39. The number of aromatic nitrogens is 3. The highest BCUT2D eigenvalue weighted by atomic mass is 32.1. The van der Waals surface area contributed by atoms with Gasteiger partial charge in [0.25, 0.3) is 5.91 Å². The van der Waals surface area contributed by atoms with Gasteiger partial charge in [0, 0.05) is 17.8 Å². The second-order valence-electron chi connectivity index (χ2n) is 5.80. The Morgan fingerprint density at radius 3 is 2.70 bits per heavy atom. The van der Waals surface area contributed by atoms with E-state index in [9.17, 15) is 4.79 Å². The summed E-state index contributed by atoms with van der Waals surface area (Å²) in [6, 6.07) is 2.19. The first-order valence-corrected chi connectivity index (χ1v) is 8.20. The molecule has 3 N–H and O–H groups in total. The maximum atomic E-state index is 11.7. The minimum atomic E-state index is -0.490. The molecule has 3 rings (SSSR count). The molecule has 7 heteroatoms. The molecule has 0 aliphatic heterocycles. The fourth-order valence-electron chi connectivity index (χ4n) is 2.61. The highest BCUT2D eigenvalue weighted by molar-refractivity contribution is 7.15. The predicted octanol–water partition coefficient (Wildman–Crippen LogP) is 2.99. The summed E-state index contributed by atoms with van der Waals surface area (Å²) in [5, 5.41) is 8.65. The van der Waals surface area contributed by atoms with Gasteiger partial charge in [-0.05, 0) is 33.8 Å². The van der Waals surface area contributed by atoms with Gasteiger partial charge in [0.2, 0.25) is 0 Å². The van der Waals surface area contributed by atoms with Gasteiger partial charge in [0.15, 0.2) is 0 Å². The molecule has 23 heavy (non-hydrogen) atoms. The van der Waals surface area contributed by atoms with Crippen LogP contribution in [-0.4, -0.2) is 26.5 Å². The molecule has 0 aromatic carbocycles. The van der Waals surface area contributed by atoms with E-state index in [4.69, 9.17) is 5.73 Å². The van der Waals surface area contributed by atoms with Crippen LogP contribution in [-0.2, 0) is 0 Å². The molecule has 0 radical (unpaired) electrons. The van der Waals surface area contributed by atoms with Crippen LogP contribution >= 0.6 is 11.3 Å². The normalized spacial score (nSPS) is 11.3. The molecule has 0 saturated heterocycles. The average molecular weight is 329 g/mol. The van der Waals surface area contributed by atoms with Crippen molar-refractivity contribution >= 4 is 28.4 Å². The SMILES string of the molecule is Cc1nc(C)c(-c2cc3c(NC(C)C)c(C(N)=O)cnn3c2)s1. The minimum Gasteiger partial charge on any atom is -0.380 e. The van der Waals surface area contributed by atoms with Crippen molar-refractivity contribution in [1.29, 1.82) is 0 Å². The van der Waals surface area contributed by atoms with Crippen molar-refractivity contribution in [2.75, 3.05) is 5.32 Å². The number of amides is 1. The molecule has 120 valence electrons. The molecular weight excluding hydrogens is 310 g/mol. The Balaban J connectivity index is 2.22. The molecule has 0 spiro atoms. The van der Waals surface area contributed by atoms with Crippen LogP contribution in [0.25, 0.3) is 16.0 Å². The van der Waals surface area contributed by atoms with Gasteiger partial charge in [-0.2, -0.15) is 5.10 Å². The Morgan fingerprint density at radius 2 is 2.13 bits per heavy atom. The third kappa shape index (κ3) is 2.79. The van der Waals surface area contributed by atoms with Crippen LogP contribution in [0.15, 0.2) is 18.5 Å². The largest absolute Gasteiger partial charge is 0.380 e. The number of nitrogens with zero attached hydrogens (tertiary/aromatic N) is 3. The Bertz CT molecular complexity index is 893. The van der Waals surface area contributed by atoms with Crippen LogP contribution in [0.2, 0.25) is 0 Å². The number of carbonyl (C=O) groups excluding carboxylic acids is 1. The van der Waals surface area contributed by atoms with E-state index in [2.05, 4.69) is 15.4 Å². The molecule has 0 unspecified atom stereocenters. The number of hydrogen-bond donors (Lipinski definition) is 2. The van der Waals surface area contributed by atoms with Crippen LogP contribution in [0, 0.1) is 13.8 Å². The molecule has 0 atom stereocenters. The van der Waals surface area contributed by atoms with Crippen LogP contribution in [0.4, 0.5) is 5.69 Å². The number of nitrogens with two attached hydrogens (primary N) is 1. The highest BCUT2D eigenvalue weighted by Crippen LogP contribution is 2.33. The van der Waals surface area contributed by atoms with E-state index in [-0.39, 0.29) is 6.04 Å². The van der Waals surface area contributed by atoms with Gasteiger partial charge in [-0.1, -0.05) is 0 Å². The van der Waals surface area contributed by atoms with E-state index in [1.807, 2.05) is 40.0 Å². The number of carbonyl (C=O) groups is 1. The van der Waals surface area contributed by atoms with Crippen LogP contribution < -0.4 is 11.1 Å². The van der Waals surface area contributed by atoms with E-state index < -0.39 is 5.91 Å². The van der Waals surface area contributed by atoms with Gasteiger partial charge in [-0.25, -0.2) is 9.50 Å². The molecule has 0 aliphatic carbocycles. The first-order chi connectivity index (χ1) is 10.9. The summed E-state index contributed by atoms with van der Waals surface area (Å²) in [7, 11) is 0. The smallest absolute Gasteiger partial charge is 0.252 e. The van der Waals surface area contributed by atoms with Crippen molar-refractivity contribution in [3.05, 3.63) is 34.7 Å². The molecule has 3 heterocycles. The number of thiazole rings is 1. The summed E-state index contributed by atoms with van der Waals surface area (Å²) in [6.45, 7) is 8.02. The van der Waals surface area contributed by atoms with Crippen molar-refractivity contribution in [3.8, 4) is 10.4 Å². The molecule has 0 bridgehead atoms. The van der Waals surface area contributed by atoms with E-state index in [1.165, 1.54) is 6.20 Å². The first kappa shape index (κ1) is 15.5. The summed E-state index contributed by atoms with van der Waals surface area (Å²) < 4.78 is 1.76. The van der Waals surface area contributed by atoms with Gasteiger partial charge >= 0.3 is 0 Å². The summed E-state index contributed by atoms with van der Waals surface area (Å²) in [4.78, 5) is 17.3. The van der Waals surface area contributed by atoms with Crippen molar-refractivity contribution in [2.45, 2.75) is 33.7 Å². The summed E-state index contributed by atoms with van der Waals surface area (Å²) in [6.07, 6.45) is 3.46. The quantitative estimate of drug-likeness (QED) is 0.770. The maximum Gasteiger partial charge on any atom is 0.252 e. The summed E-state index contributed by atoms with van der Waals surface area (Å²) >= 11 is 1.65. The third-order valence-corrected chi connectivity index (χ3v) is 4.62.